The summed E-state index contributed by atoms with van der Waals surface area (Å²) in [5.41, 5.74) is 0.615. The molecule has 1 saturated heterocycles. The number of hydrogen-bond acceptors (Lipinski definition) is 5. The monoisotopic (exact) mass is 432 g/mol. The highest BCUT2D eigenvalue weighted by Gasteiger charge is 2.22. The van der Waals surface area contributed by atoms with Gasteiger partial charge >= 0.3 is 0 Å². The molecule has 2 aromatic rings. The van der Waals surface area contributed by atoms with Crippen molar-refractivity contribution in [3.05, 3.63) is 47.1 Å². The van der Waals surface area contributed by atoms with Crippen molar-refractivity contribution in [3.8, 4) is 10.4 Å². The largest absolute Gasteiger partial charge is 0.347 e. The number of carbonyl (C=O) groups excluding carboxylic acids is 3. The molecule has 30 heavy (non-hydrogen) atoms. The highest BCUT2D eigenvalue weighted by atomic mass is 32.1. The standard InChI is InChI=1S/C21H25FN4O3S/c1-15(27)23-12-20(28)24-13-21(29)26-10-8-25(9-11-26)14-16-6-7-19(30-16)17-4-2-3-5-18(17)22/h2-7H,8-14H2,1H3,(H,23,27)(H,24,28). The average molecular weight is 433 g/mol. The number of nitrogens with one attached hydrogen (secondary N) is 2. The third kappa shape index (κ3) is 6.11. The molecule has 1 aromatic heterocycles. The van der Waals surface area contributed by atoms with E-state index >= 15 is 0 Å². The molecule has 7 nitrogen and oxygen atoms in total. The van der Waals surface area contributed by atoms with Crippen LogP contribution in [0.4, 0.5) is 4.39 Å². The van der Waals surface area contributed by atoms with Crippen LogP contribution in [0.1, 0.15) is 11.8 Å². The summed E-state index contributed by atoms with van der Waals surface area (Å²) in [4.78, 5) is 40.7. The minimum absolute atomic E-state index is 0.0741. The normalized spacial score (nSPS) is 14.4. The molecule has 0 spiro atoms. The third-order valence-electron chi connectivity index (χ3n) is 4.84. The molecule has 1 aliphatic rings. The lowest BCUT2D eigenvalue weighted by atomic mass is 10.2. The molecule has 1 fully saturated rings. The molecule has 0 radical (unpaired) electrons. The molecule has 2 N–H and O–H groups in total. The fraction of sp³-hybridized carbons (Fsp3) is 0.381. The molecule has 0 aliphatic carbocycles. The van der Waals surface area contributed by atoms with Gasteiger partial charge in [-0.2, -0.15) is 0 Å². The number of piperazine rings is 1. The van der Waals surface area contributed by atoms with Gasteiger partial charge in [-0.15, -0.1) is 11.3 Å². The molecule has 0 unspecified atom stereocenters. The lowest BCUT2D eigenvalue weighted by Gasteiger charge is -2.34. The maximum Gasteiger partial charge on any atom is 0.242 e. The van der Waals surface area contributed by atoms with Crippen LogP contribution in [0.15, 0.2) is 36.4 Å². The number of amides is 3. The summed E-state index contributed by atoms with van der Waals surface area (Å²) in [6, 6.07) is 10.7. The molecule has 2 heterocycles. The number of thiophene rings is 1. The van der Waals surface area contributed by atoms with Crippen LogP contribution < -0.4 is 10.6 Å². The molecule has 3 amide bonds. The summed E-state index contributed by atoms with van der Waals surface area (Å²) in [5.74, 6) is -1.04. The van der Waals surface area contributed by atoms with E-state index in [9.17, 15) is 18.8 Å². The maximum absolute atomic E-state index is 14.0. The molecular weight excluding hydrogens is 407 g/mol. The van der Waals surface area contributed by atoms with Gasteiger partial charge in [0, 0.05) is 55.0 Å². The summed E-state index contributed by atoms with van der Waals surface area (Å²) in [5, 5.41) is 4.91. The molecule has 0 bridgehead atoms. The Bertz CT molecular complexity index is 909. The van der Waals surface area contributed by atoms with Crippen molar-refractivity contribution in [1.82, 2.24) is 20.4 Å². The first kappa shape index (κ1) is 21.9. The van der Waals surface area contributed by atoms with E-state index in [4.69, 9.17) is 0 Å². The van der Waals surface area contributed by atoms with Crippen LogP contribution in [-0.4, -0.2) is 66.8 Å². The Balaban J connectivity index is 1.43. The topological polar surface area (TPSA) is 81.8 Å². The van der Waals surface area contributed by atoms with Gasteiger partial charge < -0.3 is 15.5 Å². The Morgan fingerprint density at radius 2 is 1.73 bits per heavy atom. The van der Waals surface area contributed by atoms with Gasteiger partial charge in [-0.25, -0.2) is 4.39 Å². The predicted octanol–water partition coefficient (Wildman–Crippen LogP) is 1.45. The lowest BCUT2D eigenvalue weighted by molar-refractivity contribution is -0.134. The minimum atomic E-state index is -0.388. The number of halogens is 1. The minimum Gasteiger partial charge on any atom is -0.347 e. The van der Waals surface area contributed by atoms with Gasteiger partial charge in [0.2, 0.25) is 17.7 Å². The highest BCUT2D eigenvalue weighted by molar-refractivity contribution is 7.15. The van der Waals surface area contributed by atoms with Crippen molar-refractivity contribution in [2.75, 3.05) is 39.3 Å². The van der Waals surface area contributed by atoms with Crippen LogP contribution >= 0.6 is 11.3 Å². The Hall–Kier alpha value is -2.78. The average Bonchev–Trinajstić information content (AvgIpc) is 3.19. The van der Waals surface area contributed by atoms with Crippen LogP contribution in [0, 0.1) is 5.82 Å². The fourth-order valence-electron chi connectivity index (χ4n) is 3.20. The molecule has 1 aliphatic heterocycles. The van der Waals surface area contributed by atoms with Gasteiger partial charge in [0.25, 0.3) is 0 Å². The second-order valence-electron chi connectivity index (χ2n) is 7.09. The van der Waals surface area contributed by atoms with E-state index in [2.05, 4.69) is 15.5 Å². The van der Waals surface area contributed by atoms with Crippen molar-refractivity contribution in [1.29, 1.82) is 0 Å². The summed E-state index contributed by atoms with van der Waals surface area (Å²) in [6.07, 6.45) is 0. The molecule has 0 saturated carbocycles. The SMILES string of the molecule is CC(=O)NCC(=O)NCC(=O)N1CCN(Cc2ccc(-c3ccccc3F)s2)CC1. The first-order valence-electron chi connectivity index (χ1n) is 9.77. The number of rotatable bonds is 7. The second kappa shape index (κ2) is 10.3. The number of benzene rings is 1. The Morgan fingerprint density at radius 1 is 1.00 bits per heavy atom. The number of hydrogen-bond donors (Lipinski definition) is 2. The number of nitrogens with zero attached hydrogens (tertiary/aromatic N) is 2. The van der Waals surface area contributed by atoms with Crippen LogP contribution in [0.2, 0.25) is 0 Å². The second-order valence-corrected chi connectivity index (χ2v) is 8.26. The van der Waals surface area contributed by atoms with Gasteiger partial charge in [0.05, 0.1) is 13.1 Å². The Kier molecular flexibility index (Phi) is 7.53. The van der Waals surface area contributed by atoms with Crippen molar-refractivity contribution in [2.24, 2.45) is 0 Å². The fourth-order valence-corrected chi connectivity index (χ4v) is 4.27. The first-order valence-corrected chi connectivity index (χ1v) is 10.6. The van der Waals surface area contributed by atoms with Crippen LogP contribution in [0.3, 0.4) is 0 Å². The van der Waals surface area contributed by atoms with Crippen LogP contribution in [-0.2, 0) is 20.9 Å². The summed E-state index contributed by atoms with van der Waals surface area (Å²) >= 11 is 1.58. The van der Waals surface area contributed by atoms with E-state index in [-0.39, 0.29) is 36.6 Å². The summed E-state index contributed by atoms with van der Waals surface area (Å²) in [7, 11) is 0. The quantitative estimate of drug-likeness (QED) is 0.694. The first-order chi connectivity index (χ1) is 14.4. The van der Waals surface area contributed by atoms with E-state index < -0.39 is 0 Å². The van der Waals surface area contributed by atoms with Gasteiger partial charge in [0.15, 0.2) is 0 Å². The molecular formula is C21H25FN4O3S. The van der Waals surface area contributed by atoms with Gasteiger partial charge in [0.1, 0.15) is 5.82 Å². The molecule has 0 atom stereocenters. The van der Waals surface area contributed by atoms with Crippen LogP contribution in [0.5, 0.6) is 0 Å². The van der Waals surface area contributed by atoms with Crippen molar-refractivity contribution < 1.29 is 18.8 Å². The van der Waals surface area contributed by atoms with E-state index in [1.807, 2.05) is 18.2 Å². The Labute approximate surface area is 178 Å². The highest BCUT2D eigenvalue weighted by Crippen LogP contribution is 2.30. The maximum atomic E-state index is 14.0. The zero-order chi connectivity index (χ0) is 21.5. The van der Waals surface area contributed by atoms with E-state index in [1.165, 1.54) is 13.0 Å². The number of carbonyl (C=O) groups is 3. The zero-order valence-corrected chi connectivity index (χ0v) is 17.6. The third-order valence-corrected chi connectivity index (χ3v) is 5.94. The lowest BCUT2D eigenvalue weighted by Crippen LogP contribution is -2.51. The molecule has 160 valence electrons. The summed E-state index contributed by atoms with van der Waals surface area (Å²) < 4.78 is 14.0. The van der Waals surface area contributed by atoms with Crippen molar-refractivity contribution in [2.45, 2.75) is 13.5 Å². The Morgan fingerprint density at radius 3 is 2.43 bits per heavy atom. The van der Waals surface area contributed by atoms with E-state index in [0.717, 1.165) is 29.4 Å². The van der Waals surface area contributed by atoms with Gasteiger partial charge in [-0.3, -0.25) is 19.3 Å². The van der Waals surface area contributed by atoms with Crippen molar-refractivity contribution >= 4 is 29.1 Å². The van der Waals surface area contributed by atoms with Crippen LogP contribution in [0.25, 0.3) is 10.4 Å². The molecule has 3 rings (SSSR count). The van der Waals surface area contributed by atoms with Gasteiger partial charge in [-0.1, -0.05) is 18.2 Å². The van der Waals surface area contributed by atoms with Gasteiger partial charge in [-0.05, 0) is 18.2 Å². The molecule has 1 aromatic carbocycles. The van der Waals surface area contributed by atoms with E-state index in [0.29, 0.717) is 18.7 Å². The van der Waals surface area contributed by atoms with E-state index in [1.54, 1.807) is 28.4 Å². The molecule has 9 heteroatoms. The smallest absolute Gasteiger partial charge is 0.242 e. The van der Waals surface area contributed by atoms with Crippen molar-refractivity contribution in [3.63, 3.8) is 0 Å². The zero-order valence-electron chi connectivity index (χ0n) is 16.8. The summed E-state index contributed by atoms with van der Waals surface area (Å²) in [6.45, 7) is 4.53. The predicted molar refractivity (Wildman–Crippen MR) is 113 cm³/mol.